The number of benzene rings is 1. The first-order chi connectivity index (χ1) is 6.36. The lowest BCUT2D eigenvalue weighted by Crippen LogP contribution is -1.94. The predicted octanol–water partition coefficient (Wildman–Crippen LogP) is 1.49. The maximum atomic E-state index is 4.41. The average molecular weight is 207 g/mol. The molecule has 0 aliphatic carbocycles. The highest BCUT2D eigenvalue weighted by atomic mass is 32.2. The van der Waals surface area contributed by atoms with E-state index in [4.69, 9.17) is 0 Å². The number of hydrogen-bond acceptors (Lipinski definition) is 2. The van der Waals surface area contributed by atoms with Gasteiger partial charge in [-0.25, -0.2) is 9.66 Å². The number of thiol groups is 1. The third kappa shape index (κ3) is 0.911. The van der Waals surface area contributed by atoms with Crippen LogP contribution in [0.5, 0.6) is 0 Å². The summed E-state index contributed by atoms with van der Waals surface area (Å²) in [5.74, 6) is 0.842. The molecule has 0 saturated heterocycles. The second kappa shape index (κ2) is 2.46. The lowest BCUT2D eigenvalue weighted by atomic mass is 10.3. The molecule has 0 saturated carbocycles. The molecule has 1 aliphatic rings. The van der Waals surface area contributed by atoms with Gasteiger partial charge in [0.25, 0.3) is 0 Å². The lowest BCUT2D eigenvalue weighted by Gasteiger charge is -1.91. The van der Waals surface area contributed by atoms with Gasteiger partial charge in [0, 0.05) is 0 Å². The van der Waals surface area contributed by atoms with Crippen molar-refractivity contribution in [3.05, 3.63) is 30.1 Å². The van der Waals surface area contributed by atoms with E-state index in [0.717, 1.165) is 21.1 Å². The van der Waals surface area contributed by atoms with Crippen molar-refractivity contribution in [2.45, 2.75) is 0 Å². The zero-order valence-electron chi connectivity index (χ0n) is 6.51. The molecule has 0 radical (unpaired) electrons. The van der Waals surface area contributed by atoms with Crippen molar-refractivity contribution in [3.8, 4) is 0 Å². The van der Waals surface area contributed by atoms with E-state index < -0.39 is 0 Å². The van der Waals surface area contributed by atoms with Crippen molar-refractivity contribution in [2.75, 3.05) is 0 Å². The monoisotopic (exact) mass is 207 g/mol. The maximum Gasteiger partial charge on any atom is 0.181 e. The summed E-state index contributed by atoms with van der Waals surface area (Å²) in [6.45, 7) is 0. The number of hydrogen-bond donors (Lipinski definition) is 1. The molecule has 3 rings (SSSR count). The van der Waals surface area contributed by atoms with Crippen molar-refractivity contribution in [1.82, 2.24) is 9.66 Å². The zero-order valence-corrected chi connectivity index (χ0v) is 8.22. The minimum Gasteiger partial charge on any atom is -0.225 e. The number of para-hydroxylation sites is 2. The van der Waals surface area contributed by atoms with Gasteiger partial charge in [-0.15, -0.1) is 17.1 Å². The van der Waals surface area contributed by atoms with Gasteiger partial charge in [-0.1, -0.05) is 12.1 Å². The van der Waals surface area contributed by atoms with Gasteiger partial charge in [0.2, 0.25) is 0 Å². The van der Waals surface area contributed by atoms with Crippen LogP contribution in [0, 0.1) is 0 Å². The van der Waals surface area contributed by atoms with Gasteiger partial charge in [0.05, 0.1) is 11.0 Å². The highest BCUT2D eigenvalue weighted by Gasteiger charge is 2.15. The van der Waals surface area contributed by atoms with E-state index in [-0.39, 0.29) is 0 Å². The van der Waals surface area contributed by atoms with Crippen LogP contribution < -0.4 is 0 Å². The first-order valence-electron chi connectivity index (χ1n) is 3.78. The number of aromatic nitrogens is 2. The number of fused-ring (bicyclic) bond motifs is 3. The van der Waals surface area contributed by atoms with E-state index in [1.54, 1.807) is 0 Å². The summed E-state index contributed by atoms with van der Waals surface area (Å²) < 4.78 is 6.91. The summed E-state index contributed by atoms with van der Waals surface area (Å²) in [6, 6.07) is 7.93. The SMILES string of the molecule is SC1=S=Nn2c1nc1ccccc12. The summed E-state index contributed by atoms with van der Waals surface area (Å²) in [6.07, 6.45) is 0. The third-order valence-electron chi connectivity index (χ3n) is 1.94. The van der Waals surface area contributed by atoms with E-state index >= 15 is 0 Å². The van der Waals surface area contributed by atoms with Gasteiger partial charge in [0.15, 0.2) is 5.82 Å². The largest absolute Gasteiger partial charge is 0.225 e. The molecule has 0 atom stereocenters. The third-order valence-corrected chi connectivity index (χ3v) is 2.98. The Morgan fingerprint density at radius 2 is 2.15 bits per heavy atom. The van der Waals surface area contributed by atoms with Gasteiger partial charge in [-0.05, 0) is 23.3 Å². The smallest absolute Gasteiger partial charge is 0.181 e. The molecule has 5 heteroatoms. The van der Waals surface area contributed by atoms with Crippen LogP contribution in [0.2, 0.25) is 0 Å². The van der Waals surface area contributed by atoms with E-state index in [0.29, 0.717) is 0 Å². The predicted molar refractivity (Wildman–Crippen MR) is 58.0 cm³/mol. The zero-order chi connectivity index (χ0) is 8.84. The Bertz CT molecular complexity index is 564. The highest BCUT2D eigenvalue weighted by molar-refractivity contribution is 8.08. The van der Waals surface area contributed by atoms with Crippen molar-refractivity contribution in [1.29, 1.82) is 0 Å². The second-order valence-electron chi connectivity index (χ2n) is 2.71. The van der Waals surface area contributed by atoms with Crippen LogP contribution in [0.3, 0.4) is 0 Å². The van der Waals surface area contributed by atoms with Crippen LogP contribution in [0.4, 0.5) is 0 Å². The number of imidazole rings is 1. The Hall–Kier alpha value is -1.07. The summed E-state index contributed by atoms with van der Waals surface area (Å²) in [5.41, 5.74) is 2.00. The molecule has 2 aromatic rings. The fourth-order valence-corrected chi connectivity index (χ4v) is 2.15. The minimum atomic E-state index is 0.842. The van der Waals surface area contributed by atoms with Gasteiger partial charge in [-0.3, -0.25) is 0 Å². The number of nitrogens with zero attached hydrogens (tertiary/aromatic N) is 3. The highest BCUT2D eigenvalue weighted by Crippen LogP contribution is 2.19. The van der Waals surface area contributed by atoms with Crippen LogP contribution in [0.15, 0.2) is 28.7 Å². The average Bonchev–Trinajstić information content (AvgIpc) is 2.67. The summed E-state index contributed by atoms with van der Waals surface area (Å²) in [7, 11) is 0. The van der Waals surface area contributed by atoms with Gasteiger partial charge >= 0.3 is 0 Å². The molecule has 1 aromatic heterocycles. The van der Waals surface area contributed by atoms with E-state index in [1.807, 2.05) is 28.9 Å². The Balaban J connectivity index is 2.48. The maximum absolute atomic E-state index is 4.41. The molecular weight excluding hydrogens is 202 g/mol. The first-order valence-corrected chi connectivity index (χ1v) is 5.00. The fraction of sp³-hybridized carbons (Fsp3) is 0. The molecule has 2 heterocycles. The van der Waals surface area contributed by atoms with Crippen LogP contribution in [0.25, 0.3) is 11.0 Å². The van der Waals surface area contributed by atoms with Gasteiger partial charge in [-0.2, -0.15) is 0 Å². The molecule has 0 spiro atoms. The van der Waals surface area contributed by atoms with E-state index in [9.17, 15) is 0 Å². The Morgan fingerprint density at radius 3 is 3.08 bits per heavy atom. The molecule has 0 amide bonds. The van der Waals surface area contributed by atoms with Gasteiger partial charge < -0.3 is 0 Å². The molecule has 0 bridgehead atoms. The van der Waals surface area contributed by atoms with Crippen LogP contribution in [-0.4, -0.2) is 13.9 Å². The quantitative estimate of drug-likeness (QED) is 0.515. The van der Waals surface area contributed by atoms with Crippen molar-refractivity contribution >= 4 is 39.0 Å². The summed E-state index contributed by atoms with van der Waals surface area (Å²) in [5, 5.41) is 0. The molecule has 1 aromatic carbocycles. The lowest BCUT2D eigenvalue weighted by molar-refractivity contribution is 0.927. The summed E-state index contributed by atoms with van der Waals surface area (Å²) >= 11 is 5.64. The fourth-order valence-electron chi connectivity index (χ4n) is 1.35. The molecule has 0 fully saturated rings. The Morgan fingerprint density at radius 1 is 1.31 bits per heavy atom. The first kappa shape index (κ1) is 7.34. The van der Waals surface area contributed by atoms with E-state index in [2.05, 4.69) is 22.1 Å². The molecule has 0 unspecified atom stereocenters. The molecule has 1 aliphatic heterocycles. The van der Waals surface area contributed by atoms with Gasteiger partial charge in [0.1, 0.15) is 4.20 Å². The Labute approximate surface area is 83.5 Å². The molecule has 0 N–H and O–H groups in total. The van der Waals surface area contributed by atoms with Crippen LogP contribution in [0.1, 0.15) is 5.82 Å². The van der Waals surface area contributed by atoms with Crippen LogP contribution >= 0.6 is 12.6 Å². The normalized spacial score (nSPS) is 14.1. The molecule has 13 heavy (non-hydrogen) atoms. The minimum absolute atomic E-state index is 0.842. The van der Waals surface area contributed by atoms with Crippen molar-refractivity contribution in [3.63, 3.8) is 0 Å². The molecule has 3 nitrogen and oxygen atoms in total. The molecular formula is C8H5N3S2. The standard InChI is InChI=1S/C8H5N3S2/c12-8-7-9-5-3-1-2-4-6(5)11(7)10-13-8/h1-4,12H. The topological polar surface area (TPSA) is 30.2 Å². The van der Waals surface area contributed by atoms with Crippen LogP contribution in [-0.2, 0) is 11.1 Å². The van der Waals surface area contributed by atoms with Crippen molar-refractivity contribution in [2.24, 2.45) is 4.47 Å². The second-order valence-corrected chi connectivity index (χ2v) is 4.22. The Kier molecular flexibility index (Phi) is 1.39. The number of rotatable bonds is 0. The molecule has 64 valence electrons. The summed E-state index contributed by atoms with van der Waals surface area (Å²) in [4.78, 5) is 4.41. The van der Waals surface area contributed by atoms with E-state index in [1.165, 1.54) is 11.1 Å². The van der Waals surface area contributed by atoms with Crippen molar-refractivity contribution < 1.29 is 0 Å².